The fourth-order valence-corrected chi connectivity index (χ4v) is 1.25. The number of nitrogens with zero attached hydrogens (tertiary/aromatic N) is 1. The van der Waals surface area contributed by atoms with Crippen molar-refractivity contribution in [3.05, 3.63) is 0 Å². The molecule has 0 aromatic heterocycles. The Morgan fingerprint density at radius 2 is 1.75 bits per heavy atom. The lowest BCUT2D eigenvalue weighted by atomic mass is 10.1. The van der Waals surface area contributed by atoms with Crippen molar-refractivity contribution in [2.24, 2.45) is 0 Å². The van der Waals surface area contributed by atoms with E-state index in [1.165, 1.54) is 0 Å². The molecular formula is C10H21NO. The molecule has 1 amide bonds. The standard InChI is InChI=1S/C10H21NO/c1-6-8-11(9(12)7-2)10(3,4)5/h6-8H2,1-5H3. The van der Waals surface area contributed by atoms with Crippen molar-refractivity contribution >= 4 is 5.91 Å². The molecule has 0 heterocycles. The van der Waals surface area contributed by atoms with Crippen LogP contribution in [0.4, 0.5) is 0 Å². The maximum atomic E-state index is 11.5. The maximum absolute atomic E-state index is 11.5. The van der Waals surface area contributed by atoms with Crippen LogP contribution >= 0.6 is 0 Å². The van der Waals surface area contributed by atoms with Crippen LogP contribution in [0.2, 0.25) is 0 Å². The Kier molecular flexibility index (Phi) is 4.29. The first-order chi connectivity index (χ1) is 5.43. The second-order valence-corrected chi connectivity index (χ2v) is 4.07. The topological polar surface area (TPSA) is 20.3 Å². The Bertz CT molecular complexity index is 146. The predicted octanol–water partition coefficient (Wildman–Crippen LogP) is 2.43. The van der Waals surface area contributed by atoms with Crippen LogP contribution in [0.15, 0.2) is 0 Å². The first-order valence-corrected chi connectivity index (χ1v) is 4.74. The van der Waals surface area contributed by atoms with E-state index in [0.717, 1.165) is 13.0 Å². The van der Waals surface area contributed by atoms with Crippen molar-refractivity contribution < 1.29 is 4.79 Å². The molecule has 2 heteroatoms. The summed E-state index contributed by atoms with van der Waals surface area (Å²) < 4.78 is 0. The van der Waals surface area contributed by atoms with Gasteiger partial charge < -0.3 is 4.90 Å². The Morgan fingerprint density at radius 3 is 2.00 bits per heavy atom. The summed E-state index contributed by atoms with van der Waals surface area (Å²) in [4.78, 5) is 13.4. The summed E-state index contributed by atoms with van der Waals surface area (Å²) in [5.41, 5.74) is -0.0247. The molecule has 0 aliphatic heterocycles. The van der Waals surface area contributed by atoms with Gasteiger partial charge in [0.05, 0.1) is 0 Å². The van der Waals surface area contributed by atoms with Crippen molar-refractivity contribution in [1.82, 2.24) is 4.90 Å². The summed E-state index contributed by atoms with van der Waals surface area (Å²) in [7, 11) is 0. The number of carbonyl (C=O) groups is 1. The van der Waals surface area contributed by atoms with Crippen LogP contribution in [-0.2, 0) is 4.79 Å². The Morgan fingerprint density at radius 1 is 1.25 bits per heavy atom. The zero-order valence-corrected chi connectivity index (χ0v) is 8.98. The molecule has 72 valence electrons. The van der Waals surface area contributed by atoms with E-state index in [1.54, 1.807) is 0 Å². The van der Waals surface area contributed by atoms with E-state index in [2.05, 4.69) is 27.7 Å². The summed E-state index contributed by atoms with van der Waals surface area (Å²) in [5, 5.41) is 0. The molecule has 0 bridgehead atoms. The lowest BCUT2D eigenvalue weighted by Gasteiger charge is -2.35. The van der Waals surface area contributed by atoms with Gasteiger partial charge in [0.15, 0.2) is 0 Å². The predicted molar refractivity (Wildman–Crippen MR) is 52.0 cm³/mol. The third kappa shape index (κ3) is 3.24. The minimum absolute atomic E-state index is 0.0247. The molecule has 12 heavy (non-hydrogen) atoms. The summed E-state index contributed by atoms with van der Waals surface area (Å²) in [6.45, 7) is 11.1. The lowest BCUT2D eigenvalue weighted by Crippen LogP contribution is -2.45. The molecule has 0 aromatic rings. The average Bonchev–Trinajstić information content (AvgIpc) is 1.96. The number of hydrogen-bond acceptors (Lipinski definition) is 1. The summed E-state index contributed by atoms with van der Waals surface area (Å²) in [6.07, 6.45) is 1.64. The fraction of sp³-hybridized carbons (Fsp3) is 0.900. The molecule has 0 spiro atoms. The molecule has 0 N–H and O–H groups in total. The molecule has 0 aliphatic carbocycles. The first-order valence-electron chi connectivity index (χ1n) is 4.74. The number of rotatable bonds is 3. The number of hydrogen-bond donors (Lipinski definition) is 0. The molecule has 0 aliphatic rings. The van der Waals surface area contributed by atoms with Gasteiger partial charge in [-0.25, -0.2) is 0 Å². The second-order valence-electron chi connectivity index (χ2n) is 4.07. The monoisotopic (exact) mass is 171 g/mol. The molecule has 0 aromatic carbocycles. The normalized spacial score (nSPS) is 11.4. The van der Waals surface area contributed by atoms with E-state index in [9.17, 15) is 4.79 Å². The highest BCUT2D eigenvalue weighted by molar-refractivity contribution is 5.76. The zero-order valence-electron chi connectivity index (χ0n) is 8.98. The van der Waals surface area contributed by atoms with Crippen molar-refractivity contribution in [1.29, 1.82) is 0 Å². The third-order valence-corrected chi connectivity index (χ3v) is 1.86. The van der Waals surface area contributed by atoms with Crippen molar-refractivity contribution in [2.45, 2.75) is 53.0 Å². The highest BCUT2D eigenvalue weighted by Crippen LogP contribution is 2.14. The SMILES string of the molecule is CCCN(C(=O)CC)C(C)(C)C. The van der Waals surface area contributed by atoms with Crippen LogP contribution in [0, 0.1) is 0 Å². The molecule has 2 nitrogen and oxygen atoms in total. The molecule has 0 rings (SSSR count). The van der Waals surface area contributed by atoms with Crippen LogP contribution in [0.3, 0.4) is 0 Å². The van der Waals surface area contributed by atoms with Crippen LogP contribution < -0.4 is 0 Å². The van der Waals surface area contributed by atoms with Gasteiger partial charge in [0.1, 0.15) is 0 Å². The Balaban J connectivity index is 4.33. The minimum atomic E-state index is -0.0247. The maximum Gasteiger partial charge on any atom is 0.222 e. The highest BCUT2D eigenvalue weighted by Gasteiger charge is 2.23. The summed E-state index contributed by atoms with van der Waals surface area (Å²) >= 11 is 0. The molecular weight excluding hydrogens is 150 g/mol. The van der Waals surface area contributed by atoms with Gasteiger partial charge in [-0.15, -0.1) is 0 Å². The van der Waals surface area contributed by atoms with Crippen molar-refractivity contribution in [2.75, 3.05) is 6.54 Å². The van der Waals surface area contributed by atoms with Crippen molar-refractivity contribution in [3.8, 4) is 0 Å². The van der Waals surface area contributed by atoms with Gasteiger partial charge in [-0.1, -0.05) is 13.8 Å². The van der Waals surface area contributed by atoms with Gasteiger partial charge in [0, 0.05) is 18.5 Å². The number of amides is 1. The van der Waals surface area contributed by atoms with Crippen LogP contribution in [-0.4, -0.2) is 22.9 Å². The molecule has 0 saturated heterocycles. The van der Waals surface area contributed by atoms with Gasteiger partial charge in [-0.3, -0.25) is 4.79 Å². The van der Waals surface area contributed by atoms with Gasteiger partial charge in [-0.2, -0.15) is 0 Å². The quantitative estimate of drug-likeness (QED) is 0.638. The first kappa shape index (κ1) is 11.5. The summed E-state index contributed by atoms with van der Waals surface area (Å²) in [5.74, 6) is 0.254. The zero-order chi connectivity index (χ0) is 9.78. The average molecular weight is 171 g/mol. The summed E-state index contributed by atoms with van der Waals surface area (Å²) in [6, 6.07) is 0. The largest absolute Gasteiger partial charge is 0.338 e. The molecule has 0 fully saturated rings. The van der Waals surface area contributed by atoms with Gasteiger partial charge in [0.25, 0.3) is 0 Å². The van der Waals surface area contributed by atoms with Gasteiger partial charge in [-0.05, 0) is 27.2 Å². The molecule has 0 radical (unpaired) electrons. The minimum Gasteiger partial charge on any atom is -0.338 e. The van der Waals surface area contributed by atoms with E-state index >= 15 is 0 Å². The van der Waals surface area contributed by atoms with Crippen LogP contribution in [0.1, 0.15) is 47.5 Å². The van der Waals surface area contributed by atoms with E-state index < -0.39 is 0 Å². The van der Waals surface area contributed by atoms with Crippen LogP contribution in [0.5, 0.6) is 0 Å². The third-order valence-electron chi connectivity index (χ3n) is 1.86. The Labute approximate surface area is 75.9 Å². The highest BCUT2D eigenvalue weighted by atomic mass is 16.2. The molecule has 0 atom stereocenters. The van der Waals surface area contributed by atoms with E-state index in [1.807, 2.05) is 11.8 Å². The van der Waals surface area contributed by atoms with Gasteiger partial charge in [0.2, 0.25) is 5.91 Å². The van der Waals surface area contributed by atoms with Gasteiger partial charge >= 0.3 is 0 Å². The lowest BCUT2D eigenvalue weighted by molar-refractivity contribution is -0.135. The molecule has 0 unspecified atom stereocenters. The Hall–Kier alpha value is -0.530. The second kappa shape index (κ2) is 4.48. The fourth-order valence-electron chi connectivity index (χ4n) is 1.25. The van der Waals surface area contributed by atoms with E-state index in [0.29, 0.717) is 6.42 Å². The molecule has 0 saturated carbocycles. The smallest absolute Gasteiger partial charge is 0.222 e. The van der Waals surface area contributed by atoms with Crippen LogP contribution in [0.25, 0.3) is 0 Å². The van der Waals surface area contributed by atoms with E-state index in [4.69, 9.17) is 0 Å². The van der Waals surface area contributed by atoms with E-state index in [-0.39, 0.29) is 11.4 Å². The number of carbonyl (C=O) groups excluding carboxylic acids is 1. The van der Waals surface area contributed by atoms with Crippen molar-refractivity contribution in [3.63, 3.8) is 0 Å².